The summed E-state index contributed by atoms with van der Waals surface area (Å²) in [6.45, 7) is 28.4. The summed E-state index contributed by atoms with van der Waals surface area (Å²) in [7, 11) is 0.286. The Morgan fingerprint density at radius 1 is 0.744 bits per heavy atom. The van der Waals surface area contributed by atoms with Gasteiger partial charge in [-0.25, -0.2) is 0 Å². The minimum atomic E-state index is -4.54. The van der Waals surface area contributed by atoms with E-state index < -0.39 is 22.7 Å². The second kappa shape index (κ2) is 3.76. The molecule has 6 atom stereocenters. The second-order valence-electron chi connectivity index (χ2n) is 22.5. The van der Waals surface area contributed by atoms with Crippen LogP contribution in [0.2, 0.25) is 84.7 Å². The molecule has 9 heteroatoms. The molecule has 0 N–H and O–H groups in total. The van der Waals surface area contributed by atoms with Crippen molar-refractivity contribution in [2.45, 2.75) is 142 Å². The summed E-state index contributed by atoms with van der Waals surface area (Å²) in [4.78, 5) is 27.1. The Kier molecular flexibility index (Phi) is 2.27. The van der Waals surface area contributed by atoms with Crippen LogP contribution < -0.4 is 0 Å². The molecule has 43 heavy (non-hydrogen) atoms. The van der Waals surface area contributed by atoms with Crippen LogP contribution in [0.4, 0.5) is 0 Å². The normalized spacial score (nSPS) is 61.6. The molecule has 12 rings (SSSR count). The van der Waals surface area contributed by atoms with Crippen molar-refractivity contribution in [3.05, 3.63) is 48.6 Å². The van der Waals surface area contributed by atoms with E-state index in [1.165, 1.54) is 11.4 Å². The number of hydrogen-bond donors (Lipinski definition) is 0. The van der Waals surface area contributed by atoms with Crippen molar-refractivity contribution in [2.75, 3.05) is 6.16 Å². The molecule has 0 aliphatic carbocycles. The predicted octanol–water partition coefficient (Wildman–Crippen LogP) is 10.1. The first kappa shape index (κ1) is 26.0. The molecule has 0 radical (unpaired) electrons. The van der Waals surface area contributed by atoms with Gasteiger partial charge in [0.05, 0.1) is 0 Å². The third kappa shape index (κ3) is 0.627. The second-order valence-corrected chi connectivity index (χ2v) is 61.3. The van der Waals surface area contributed by atoms with E-state index in [-0.39, 0.29) is 13.1 Å². The summed E-state index contributed by atoms with van der Waals surface area (Å²) in [6, 6.07) is 0. The molecular formula is C34H52FeN4P2Si2. The van der Waals surface area contributed by atoms with E-state index in [0.29, 0.717) is 18.9 Å². The molecular weight excluding hydrogens is 638 g/mol. The van der Waals surface area contributed by atoms with Crippen LogP contribution in [-0.2, 0) is 11.7 Å². The van der Waals surface area contributed by atoms with Gasteiger partial charge >= 0.3 is 256 Å². The molecule has 0 bridgehead atoms. The molecule has 2 aromatic rings. The first-order chi connectivity index (χ1) is 19.5. The van der Waals surface area contributed by atoms with E-state index in [1.807, 2.05) is 24.8 Å². The van der Waals surface area contributed by atoms with E-state index in [4.69, 9.17) is 19.9 Å². The molecule has 0 saturated carbocycles. The first-order valence-electron chi connectivity index (χ1n) is 16.8. The van der Waals surface area contributed by atoms with Gasteiger partial charge in [0.1, 0.15) is 0 Å². The van der Waals surface area contributed by atoms with Crippen molar-refractivity contribution < 1.29 is 6.51 Å². The Balaban J connectivity index is 1.29. The fourth-order valence-corrected chi connectivity index (χ4v) is 173. The van der Waals surface area contributed by atoms with Gasteiger partial charge in [-0.3, -0.25) is 0 Å². The Labute approximate surface area is 254 Å². The average Bonchev–Trinajstić information content (AvgIpc) is 3.84. The topological polar surface area (TPSA) is 51.6 Å². The van der Waals surface area contributed by atoms with Crippen LogP contribution in [0.1, 0.15) is 52.9 Å². The molecule has 0 aromatic carbocycles. The monoisotopic (exact) mass is 690 g/mol. The third-order valence-corrected chi connectivity index (χ3v) is 90.6. The van der Waals surface area contributed by atoms with Crippen molar-refractivity contribution in [2.24, 2.45) is 0 Å². The number of fused-ring (bicyclic) bond motifs is 10. The quantitative estimate of drug-likeness (QED) is 0.214. The van der Waals surface area contributed by atoms with Gasteiger partial charge in [0, 0.05) is 0 Å². The Morgan fingerprint density at radius 3 is 1.49 bits per heavy atom. The van der Waals surface area contributed by atoms with Gasteiger partial charge in [0.15, 0.2) is 0 Å². The van der Waals surface area contributed by atoms with Gasteiger partial charge in [-0.05, 0) is 0 Å². The maximum absolute atomic E-state index is 5.29. The van der Waals surface area contributed by atoms with E-state index in [9.17, 15) is 0 Å². The van der Waals surface area contributed by atoms with Crippen molar-refractivity contribution in [3.8, 4) is 0 Å². The van der Waals surface area contributed by atoms with E-state index in [1.54, 1.807) is 6.16 Å². The van der Waals surface area contributed by atoms with Gasteiger partial charge in [-0.1, -0.05) is 0 Å². The fourth-order valence-electron chi connectivity index (χ4n) is 27.1. The van der Waals surface area contributed by atoms with Crippen molar-refractivity contribution >= 4 is 33.3 Å². The van der Waals surface area contributed by atoms with Crippen molar-refractivity contribution in [3.63, 3.8) is 0 Å². The van der Waals surface area contributed by atoms with Gasteiger partial charge in [-0.15, -0.1) is 0 Å². The van der Waals surface area contributed by atoms with E-state index in [0.717, 1.165) is 36.8 Å². The molecule has 12 heterocycles. The summed E-state index contributed by atoms with van der Waals surface area (Å²) in [5, 5.41) is 0.410. The van der Waals surface area contributed by atoms with E-state index >= 15 is 0 Å². The predicted molar refractivity (Wildman–Crippen MR) is 186 cm³/mol. The van der Waals surface area contributed by atoms with Crippen LogP contribution >= 0.6 is 17.2 Å². The summed E-state index contributed by atoms with van der Waals surface area (Å²) >= 11 is 0. The minimum absolute atomic E-state index is 0.212. The zero-order valence-electron chi connectivity index (χ0n) is 28.3. The van der Waals surface area contributed by atoms with Gasteiger partial charge in [0.25, 0.3) is 0 Å². The fraction of sp³-hybridized carbons (Fsp3) is 0.765. The summed E-state index contributed by atoms with van der Waals surface area (Å²) in [6.07, 6.45) is 13.6. The van der Waals surface area contributed by atoms with Crippen LogP contribution in [0.5, 0.6) is 0 Å². The molecule has 4 nitrogen and oxygen atoms in total. The summed E-state index contributed by atoms with van der Waals surface area (Å²) in [5.74, 6) is 0. The first-order valence-corrected chi connectivity index (χ1v) is 32.0. The van der Waals surface area contributed by atoms with Gasteiger partial charge < -0.3 is 0 Å². The zero-order chi connectivity index (χ0) is 30.8. The van der Waals surface area contributed by atoms with Crippen LogP contribution in [0.25, 0.3) is 0 Å². The van der Waals surface area contributed by atoms with Crippen LogP contribution in [-0.4, -0.2) is 52.6 Å². The molecule has 1 spiro atoms. The van der Waals surface area contributed by atoms with Crippen LogP contribution in [0, 0.1) is 0 Å². The van der Waals surface area contributed by atoms with E-state index in [2.05, 4.69) is 102 Å². The maximum atomic E-state index is 5.29. The Hall–Kier alpha value is -0.0268. The molecule has 10 aliphatic heterocycles. The molecule has 0 amide bonds. The van der Waals surface area contributed by atoms with Gasteiger partial charge in [-0.2, -0.15) is 0 Å². The Morgan fingerprint density at radius 2 is 1.19 bits per heavy atom. The molecule has 10 aliphatic rings. The van der Waals surface area contributed by atoms with Crippen molar-refractivity contribution in [1.29, 1.82) is 0 Å². The molecule has 10 fully saturated rings. The summed E-state index contributed by atoms with van der Waals surface area (Å²) in [5.41, 5.74) is 2.39. The molecule has 10 saturated heterocycles. The average molecular weight is 691 g/mol. The molecule has 6 unspecified atom stereocenters. The number of hydrogen-bond acceptors (Lipinski definition) is 4. The van der Waals surface area contributed by atoms with Crippen molar-refractivity contribution in [1.82, 2.24) is 19.9 Å². The summed E-state index contributed by atoms with van der Waals surface area (Å²) < 4.78 is 2.53. The van der Waals surface area contributed by atoms with Gasteiger partial charge in [0.2, 0.25) is 0 Å². The number of rotatable bonds is 7. The zero-order valence-corrected chi connectivity index (χ0v) is 33.5. The number of nitrogens with zero attached hydrogens (tertiary/aromatic N) is 4. The van der Waals surface area contributed by atoms with Crippen LogP contribution in [0.3, 0.4) is 0 Å². The Bertz CT molecular complexity index is 2080. The molecule has 234 valence electrons. The van der Waals surface area contributed by atoms with Crippen LogP contribution in [0.15, 0.2) is 37.2 Å². The molecule has 2 aromatic heterocycles. The SMILES string of the molecule is CC(C)(C)P(C[C]12[C]3(C(P)(c4cnccn4)c4cnccn4)[CH]4[C]5([Si](C)(C)C)[C]1([Si](C)(C)C)[Fe]42351678[CH]2[CH]1[CH]6[CH]7[CH]28)C(C)(C)C. The number of aromatic nitrogens is 4. The third-order valence-electron chi connectivity index (χ3n) is 22.1. The standard InChI is InChI=1S/C29H47N4P2Si2.C5H5.Fe/c1-27(2,3)35(28(4,5)6)20-21-22(17-23(36(7,8)9)26(21)37(10,11)12)29(34,24-18-30-13-15-32-24)25-19-31-14-16-33-25;1-2-4-5-3-1;/h13-19H,20,34H2,1-12H3;1-5H;.